The number of hydrogen-bond donors (Lipinski definition) is 0. The fourth-order valence-electron chi connectivity index (χ4n) is 1.21. The second-order valence-electron chi connectivity index (χ2n) is 2.81. The summed E-state index contributed by atoms with van der Waals surface area (Å²) in [7, 11) is 0. The molecular weight excluding hydrogens is 186 g/mol. The maximum atomic E-state index is 2.31. The van der Waals surface area contributed by atoms with E-state index >= 15 is 0 Å². The van der Waals surface area contributed by atoms with Crippen LogP contribution in [0.25, 0.3) is 0 Å². The monoisotopic (exact) mass is 197 g/mol. The zero-order valence-electron chi connectivity index (χ0n) is 7.15. The second kappa shape index (κ2) is 3.15. The molecule has 0 saturated heterocycles. The third-order valence-electron chi connectivity index (χ3n) is 1.87. The van der Waals surface area contributed by atoms with E-state index in [4.69, 9.17) is 0 Å². The van der Waals surface area contributed by atoms with Crippen molar-refractivity contribution >= 4 is 28.1 Å². The molecule has 1 aliphatic rings. The lowest BCUT2D eigenvalue weighted by Gasteiger charge is -2.18. The fraction of sp³-hybridized carbons (Fsp3) is 0.333. The first-order valence-corrected chi connectivity index (χ1v) is 5.70. The predicted octanol–water partition coefficient (Wildman–Crippen LogP) is 3.43. The molecule has 1 aromatic heterocycles. The number of nitrogens with zero attached hydrogens (tertiary/aromatic N) is 1. The van der Waals surface area contributed by atoms with Crippen molar-refractivity contribution in [3.63, 3.8) is 0 Å². The van der Waals surface area contributed by atoms with Crippen molar-refractivity contribution in [3.05, 3.63) is 28.6 Å². The number of anilines is 1. The van der Waals surface area contributed by atoms with Crippen molar-refractivity contribution in [2.45, 2.75) is 19.2 Å². The Bertz CT molecular complexity index is 303. The summed E-state index contributed by atoms with van der Waals surface area (Å²) in [5.74, 6) is 0. The number of rotatable bonds is 1. The number of thioether (sulfide) groups is 1. The van der Waals surface area contributed by atoms with Gasteiger partial charge in [-0.3, -0.25) is 0 Å². The van der Waals surface area contributed by atoms with Crippen molar-refractivity contribution in [2.75, 3.05) is 4.90 Å². The van der Waals surface area contributed by atoms with Gasteiger partial charge >= 0.3 is 0 Å². The lowest BCUT2D eigenvalue weighted by atomic mass is 10.5. The highest BCUT2D eigenvalue weighted by atomic mass is 32.2. The third kappa shape index (κ3) is 1.39. The Balaban J connectivity index is 2.24. The predicted molar refractivity (Wildman–Crippen MR) is 57.7 cm³/mol. The van der Waals surface area contributed by atoms with Gasteiger partial charge in [0.2, 0.25) is 0 Å². The number of hydrogen-bond acceptors (Lipinski definition) is 3. The van der Waals surface area contributed by atoms with Crippen LogP contribution in [0, 0.1) is 6.92 Å². The van der Waals surface area contributed by atoms with E-state index in [1.807, 2.05) is 23.1 Å². The molecule has 0 amide bonds. The van der Waals surface area contributed by atoms with Crippen LogP contribution in [-0.2, 0) is 0 Å². The van der Waals surface area contributed by atoms with Gasteiger partial charge in [-0.25, -0.2) is 0 Å². The molecule has 2 rings (SSSR count). The maximum absolute atomic E-state index is 2.31. The van der Waals surface area contributed by atoms with E-state index in [2.05, 4.69) is 42.5 Å². The van der Waals surface area contributed by atoms with Crippen LogP contribution in [0.3, 0.4) is 0 Å². The Labute approximate surface area is 81.1 Å². The zero-order chi connectivity index (χ0) is 8.55. The summed E-state index contributed by atoms with van der Waals surface area (Å²) in [6.07, 6.45) is 2.15. The van der Waals surface area contributed by atoms with Gasteiger partial charge in [-0.2, -0.15) is 0 Å². The van der Waals surface area contributed by atoms with Crippen LogP contribution in [0.5, 0.6) is 0 Å². The van der Waals surface area contributed by atoms with E-state index in [1.165, 1.54) is 9.88 Å². The average Bonchev–Trinajstić information content (AvgIpc) is 2.58. The van der Waals surface area contributed by atoms with Gasteiger partial charge in [0.1, 0.15) is 0 Å². The molecule has 0 aliphatic carbocycles. The van der Waals surface area contributed by atoms with Gasteiger partial charge in [0.15, 0.2) is 0 Å². The standard InChI is InChI=1S/C9H11NS2/c1-7-3-4-9(12-7)10-5-6-11-8(10)2/h3-6,8H,1-2H3. The zero-order valence-corrected chi connectivity index (χ0v) is 8.78. The average molecular weight is 197 g/mol. The van der Waals surface area contributed by atoms with Crippen LogP contribution >= 0.6 is 23.1 Å². The summed E-state index contributed by atoms with van der Waals surface area (Å²) in [5, 5.41) is 4.06. The van der Waals surface area contributed by atoms with Gasteiger partial charge < -0.3 is 4.90 Å². The van der Waals surface area contributed by atoms with Crippen LogP contribution in [0.15, 0.2) is 23.7 Å². The van der Waals surface area contributed by atoms with E-state index in [9.17, 15) is 0 Å². The highest BCUT2D eigenvalue weighted by Gasteiger charge is 2.17. The number of aryl methyl sites for hydroxylation is 1. The van der Waals surface area contributed by atoms with Crippen molar-refractivity contribution in [3.8, 4) is 0 Å². The Morgan fingerprint density at radius 3 is 2.75 bits per heavy atom. The molecular formula is C9H11NS2. The van der Waals surface area contributed by atoms with Crippen LogP contribution in [0.1, 0.15) is 11.8 Å². The van der Waals surface area contributed by atoms with E-state index in [-0.39, 0.29) is 0 Å². The smallest absolute Gasteiger partial charge is 0.0960 e. The van der Waals surface area contributed by atoms with E-state index in [0.29, 0.717) is 5.37 Å². The van der Waals surface area contributed by atoms with E-state index in [0.717, 1.165) is 0 Å². The summed E-state index contributed by atoms with van der Waals surface area (Å²) < 4.78 is 0. The Morgan fingerprint density at radius 2 is 2.25 bits per heavy atom. The lowest BCUT2D eigenvalue weighted by Crippen LogP contribution is -2.19. The van der Waals surface area contributed by atoms with Crippen molar-refractivity contribution < 1.29 is 0 Å². The van der Waals surface area contributed by atoms with Crippen molar-refractivity contribution in [1.82, 2.24) is 0 Å². The second-order valence-corrected chi connectivity index (χ2v) is 5.31. The first-order chi connectivity index (χ1) is 5.77. The van der Waals surface area contributed by atoms with Crippen molar-refractivity contribution in [1.29, 1.82) is 0 Å². The SMILES string of the molecule is Cc1ccc(N2C=CSC2C)s1. The van der Waals surface area contributed by atoms with Crippen molar-refractivity contribution in [2.24, 2.45) is 0 Å². The highest BCUT2D eigenvalue weighted by Crippen LogP contribution is 2.34. The molecule has 0 bridgehead atoms. The molecule has 2 heterocycles. The van der Waals surface area contributed by atoms with Gasteiger partial charge in [0.05, 0.1) is 10.4 Å². The molecule has 1 aliphatic heterocycles. The molecule has 12 heavy (non-hydrogen) atoms. The summed E-state index contributed by atoms with van der Waals surface area (Å²) in [5.41, 5.74) is 0. The van der Waals surface area contributed by atoms with Gasteiger partial charge in [0, 0.05) is 11.1 Å². The molecule has 1 nitrogen and oxygen atoms in total. The van der Waals surface area contributed by atoms with E-state index < -0.39 is 0 Å². The third-order valence-corrected chi connectivity index (χ3v) is 3.78. The minimum absolute atomic E-state index is 0.558. The summed E-state index contributed by atoms with van der Waals surface area (Å²) >= 11 is 3.71. The van der Waals surface area contributed by atoms with Gasteiger partial charge in [-0.1, -0.05) is 0 Å². The van der Waals surface area contributed by atoms with Gasteiger partial charge in [-0.05, 0) is 31.4 Å². The molecule has 0 aromatic carbocycles. The first-order valence-electron chi connectivity index (χ1n) is 3.94. The van der Waals surface area contributed by atoms with Crippen LogP contribution < -0.4 is 4.90 Å². The lowest BCUT2D eigenvalue weighted by molar-refractivity contribution is 0.981. The van der Waals surface area contributed by atoms with Crippen LogP contribution in [-0.4, -0.2) is 5.37 Å². The normalized spacial score (nSPS) is 22.2. The Hall–Kier alpha value is -0.410. The topological polar surface area (TPSA) is 3.24 Å². The summed E-state index contributed by atoms with van der Waals surface area (Å²) in [6, 6.07) is 4.36. The summed E-state index contributed by atoms with van der Waals surface area (Å²) in [6.45, 7) is 4.37. The first kappa shape index (κ1) is 8.20. The molecule has 0 spiro atoms. The fourth-order valence-corrected chi connectivity index (χ4v) is 2.95. The molecule has 0 radical (unpaired) electrons. The maximum Gasteiger partial charge on any atom is 0.0960 e. The molecule has 3 heteroatoms. The van der Waals surface area contributed by atoms with E-state index in [1.54, 1.807) is 0 Å². The molecule has 1 atom stereocenters. The number of thiophene rings is 1. The van der Waals surface area contributed by atoms with Gasteiger partial charge in [0.25, 0.3) is 0 Å². The quantitative estimate of drug-likeness (QED) is 0.678. The van der Waals surface area contributed by atoms with Gasteiger partial charge in [-0.15, -0.1) is 23.1 Å². The molecule has 0 N–H and O–H groups in total. The molecule has 1 unspecified atom stereocenters. The molecule has 1 aromatic rings. The largest absolute Gasteiger partial charge is 0.327 e. The highest BCUT2D eigenvalue weighted by molar-refractivity contribution is 8.03. The van der Waals surface area contributed by atoms with Crippen LogP contribution in [0.4, 0.5) is 5.00 Å². The van der Waals surface area contributed by atoms with Crippen LogP contribution in [0.2, 0.25) is 0 Å². The molecule has 0 fully saturated rings. The Morgan fingerprint density at radius 1 is 1.42 bits per heavy atom. The molecule has 64 valence electrons. The minimum Gasteiger partial charge on any atom is -0.327 e. The summed E-state index contributed by atoms with van der Waals surface area (Å²) in [4.78, 5) is 3.69. The Kier molecular flexibility index (Phi) is 2.15. The molecule has 0 saturated carbocycles. The minimum atomic E-state index is 0.558.